The molecule has 2 aliphatic rings. The van der Waals surface area contributed by atoms with Crippen molar-refractivity contribution in [2.24, 2.45) is 0 Å². The van der Waals surface area contributed by atoms with E-state index in [0.717, 1.165) is 88.1 Å². The molecule has 0 radical (unpaired) electrons. The number of nitrogens with zero attached hydrogens (tertiary/aromatic N) is 6. The van der Waals surface area contributed by atoms with Crippen molar-refractivity contribution in [3.63, 3.8) is 0 Å². The van der Waals surface area contributed by atoms with E-state index < -0.39 is 0 Å². The summed E-state index contributed by atoms with van der Waals surface area (Å²) < 4.78 is 0. The summed E-state index contributed by atoms with van der Waals surface area (Å²) in [5, 5.41) is 10.7. The topological polar surface area (TPSA) is 72.9 Å². The van der Waals surface area contributed by atoms with Gasteiger partial charge in [0.1, 0.15) is 11.4 Å². The van der Waals surface area contributed by atoms with Crippen molar-refractivity contribution in [1.82, 2.24) is 15.1 Å². The molecule has 1 saturated carbocycles. The lowest BCUT2D eigenvalue weighted by Crippen LogP contribution is -2.48. The van der Waals surface area contributed by atoms with Crippen molar-refractivity contribution < 1.29 is 0 Å². The van der Waals surface area contributed by atoms with Crippen molar-refractivity contribution in [2.45, 2.75) is 78.2 Å². The quantitative estimate of drug-likeness (QED) is 0.418. The van der Waals surface area contributed by atoms with Crippen molar-refractivity contribution in [3.05, 3.63) is 20.4 Å². The van der Waals surface area contributed by atoms with Gasteiger partial charge in [0.25, 0.3) is 10.9 Å². The number of piperazine rings is 1. The van der Waals surface area contributed by atoms with Gasteiger partial charge in [0.2, 0.25) is 10.3 Å². The molecule has 1 aromatic carbocycles. The molecule has 0 unspecified atom stereocenters. The van der Waals surface area contributed by atoms with Gasteiger partial charge in [-0.15, -0.1) is 10.2 Å². The van der Waals surface area contributed by atoms with Gasteiger partial charge in [0.05, 0.1) is 0 Å². The molecular formula is C25H40N6O2S. The Bertz CT molecular complexity index is 986. The minimum atomic E-state index is -0.362. The fourth-order valence-corrected chi connectivity index (χ4v) is 6.16. The van der Waals surface area contributed by atoms with Crippen LogP contribution in [0.3, 0.4) is 0 Å². The van der Waals surface area contributed by atoms with Crippen LogP contribution in [-0.2, 0) is 0 Å². The van der Waals surface area contributed by atoms with Crippen LogP contribution in [0.25, 0.3) is 0 Å². The Hall–Kier alpha value is -2.00. The molecule has 0 atom stereocenters. The first kappa shape index (κ1) is 25.1. The Labute approximate surface area is 207 Å². The fourth-order valence-electron chi connectivity index (χ4n) is 5.23. The number of hydrogen-bond acceptors (Lipinski definition) is 9. The number of rotatable bonds is 12. The standard InChI is InChI=1S/C25H40N6O2S/c1-4-7-13-30(19-11-9-10-12-19)20-21(23(33)22(20)32)31(14-8-5-2)25-27-26-24(34-25)29-17-15-28(6-3)16-18-29/h19H,4-18H2,1-3H3. The summed E-state index contributed by atoms with van der Waals surface area (Å²) in [6.45, 7) is 13.0. The first-order valence-electron chi connectivity index (χ1n) is 13.3. The number of hydrogen-bond donors (Lipinski definition) is 0. The van der Waals surface area contributed by atoms with Crippen LogP contribution < -0.4 is 25.6 Å². The van der Waals surface area contributed by atoms with E-state index >= 15 is 0 Å². The third-order valence-electron chi connectivity index (χ3n) is 7.40. The second-order valence-corrected chi connectivity index (χ2v) is 10.6. The van der Waals surface area contributed by atoms with Gasteiger partial charge >= 0.3 is 0 Å². The van der Waals surface area contributed by atoms with E-state index in [1.807, 2.05) is 4.90 Å². The SMILES string of the molecule is CCCCN(c1nnc(N2CCN(CC)CC2)s1)c1c(N(CCCC)C2CCCC2)c(=O)c1=O. The number of likely N-dealkylation sites (N-methyl/N-ethyl adjacent to an activating group) is 1. The molecule has 4 rings (SSSR count). The molecule has 8 nitrogen and oxygen atoms in total. The zero-order valence-corrected chi connectivity index (χ0v) is 21.9. The first-order chi connectivity index (χ1) is 16.6. The lowest BCUT2D eigenvalue weighted by molar-refractivity contribution is 0.271. The molecule has 0 bridgehead atoms. The molecule has 0 spiro atoms. The molecule has 1 saturated heterocycles. The Morgan fingerprint density at radius 3 is 2.18 bits per heavy atom. The Kier molecular flexibility index (Phi) is 8.58. The van der Waals surface area contributed by atoms with Crippen LogP contribution in [0.5, 0.6) is 0 Å². The maximum absolute atomic E-state index is 13.0. The number of aromatic nitrogens is 2. The van der Waals surface area contributed by atoms with E-state index in [0.29, 0.717) is 24.0 Å². The van der Waals surface area contributed by atoms with Crippen molar-refractivity contribution in [2.75, 3.05) is 60.5 Å². The van der Waals surface area contributed by atoms with Crippen molar-refractivity contribution >= 4 is 33.0 Å². The zero-order chi connectivity index (χ0) is 24.1. The maximum atomic E-state index is 13.0. The van der Waals surface area contributed by atoms with Gasteiger partial charge in [0.15, 0.2) is 0 Å². The van der Waals surface area contributed by atoms with E-state index in [1.54, 1.807) is 11.3 Å². The highest BCUT2D eigenvalue weighted by Crippen LogP contribution is 2.38. The van der Waals surface area contributed by atoms with Crippen LogP contribution >= 0.6 is 11.3 Å². The summed E-state index contributed by atoms with van der Waals surface area (Å²) in [4.78, 5) is 34.9. The van der Waals surface area contributed by atoms with Crippen LogP contribution in [0.4, 0.5) is 21.6 Å². The highest BCUT2D eigenvalue weighted by atomic mass is 32.1. The minimum absolute atomic E-state index is 0.320. The molecule has 0 N–H and O–H groups in total. The third kappa shape index (κ3) is 5.15. The second kappa shape index (κ2) is 11.6. The predicted molar refractivity (Wildman–Crippen MR) is 142 cm³/mol. The van der Waals surface area contributed by atoms with Gasteiger partial charge in [-0.05, 0) is 32.2 Å². The smallest absolute Gasteiger partial charge is 0.253 e. The average molecular weight is 489 g/mol. The molecular weight excluding hydrogens is 448 g/mol. The number of unbranched alkanes of at least 4 members (excludes halogenated alkanes) is 2. The minimum Gasteiger partial charge on any atom is -0.363 e. The van der Waals surface area contributed by atoms with E-state index in [9.17, 15) is 9.59 Å². The van der Waals surface area contributed by atoms with Gasteiger partial charge in [0, 0.05) is 45.3 Å². The van der Waals surface area contributed by atoms with Gasteiger partial charge in [-0.1, -0.05) is 57.8 Å². The monoisotopic (exact) mass is 488 g/mol. The Morgan fingerprint density at radius 2 is 1.53 bits per heavy atom. The van der Waals surface area contributed by atoms with Crippen molar-refractivity contribution in [1.29, 1.82) is 0 Å². The van der Waals surface area contributed by atoms with Crippen LogP contribution in [0, 0.1) is 0 Å². The summed E-state index contributed by atoms with van der Waals surface area (Å²) in [5.41, 5.74) is 0.508. The molecule has 2 fully saturated rings. The van der Waals surface area contributed by atoms with E-state index in [1.165, 1.54) is 12.8 Å². The van der Waals surface area contributed by atoms with Crippen LogP contribution in [0.2, 0.25) is 0 Å². The molecule has 2 heterocycles. The highest BCUT2D eigenvalue weighted by Gasteiger charge is 2.35. The zero-order valence-electron chi connectivity index (χ0n) is 21.1. The third-order valence-corrected chi connectivity index (χ3v) is 8.40. The summed E-state index contributed by atoms with van der Waals surface area (Å²) in [6, 6.07) is 0.362. The first-order valence-corrected chi connectivity index (χ1v) is 14.1. The highest BCUT2D eigenvalue weighted by molar-refractivity contribution is 7.19. The van der Waals surface area contributed by atoms with E-state index in [2.05, 4.69) is 45.7 Å². The molecule has 1 aliphatic heterocycles. The molecule has 2 aromatic rings. The summed E-state index contributed by atoms with van der Waals surface area (Å²) in [7, 11) is 0. The van der Waals surface area contributed by atoms with Gasteiger partial charge < -0.3 is 19.6 Å². The van der Waals surface area contributed by atoms with E-state index in [-0.39, 0.29) is 10.9 Å². The predicted octanol–water partition coefficient (Wildman–Crippen LogP) is 3.76. The van der Waals surface area contributed by atoms with Crippen LogP contribution in [0.15, 0.2) is 9.59 Å². The van der Waals surface area contributed by atoms with Gasteiger partial charge in [-0.2, -0.15) is 0 Å². The fraction of sp³-hybridized carbons (Fsp3) is 0.760. The van der Waals surface area contributed by atoms with Gasteiger partial charge in [-0.3, -0.25) is 9.59 Å². The Balaban J connectivity index is 1.63. The summed E-state index contributed by atoms with van der Waals surface area (Å²) in [6.07, 6.45) is 8.63. The van der Waals surface area contributed by atoms with Crippen LogP contribution in [-0.4, -0.2) is 67.0 Å². The Morgan fingerprint density at radius 1 is 0.882 bits per heavy atom. The summed E-state index contributed by atoms with van der Waals surface area (Å²) in [5.74, 6) is 0. The molecule has 0 amide bonds. The summed E-state index contributed by atoms with van der Waals surface area (Å²) >= 11 is 1.55. The normalized spacial score (nSPS) is 17.7. The molecule has 1 aliphatic carbocycles. The van der Waals surface area contributed by atoms with Gasteiger partial charge in [-0.25, -0.2) is 0 Å². The second-order valence-electron chi connectivity index (χ2n) is 9.63. The van der Waals surface area contributed by atoms with E-state index in [4.69, 9.17) is 0 Å². The molecule has 1 aromatic heterocycles. The molecule has 9 heteroatoms. The van der Waals surface area contributed by atoms with Crippen LogP contribution in [0.1, 0.15) is 72.1 Å². The molecule has 188 valence electrons. The lowest BCUT2D eigenvalue weighted by atomic mass is 10.1. The number of anilines is 4. The van der Waals surface area contributed by atoms with Crippen molar-refractivity contribution in [3.8, 4) is 0 Å². The lowest BCUT2D eigenvalue weighted by Gasteiger charge is -2.35. The largest absolute Gasteiger partial charge is 0.363 e. The maximum Gasteiger partial charge on any atom is 0.253 e. The molecule has 34 heavy (non-hydrogen) atoms. The average Bonchev–Trinajstić information content (AvgIpc) is 3.58.